The van der Waals surface area contributed by atoms with Gasteiger partial charge < -0.3 is 9.88 Å². The van der Waals surface area contributed by atoms with Gasteiger partial charge in [0.05, 0.1) is 5.69 Å². The van der Waals surface area contributed by atoms with Crippen LogP contribution in [0.1, 0.15) is 68.7 Å². The van der Waals surface area contributed by atoms with E-state index >= 15 is 4.39 Å². The summed E-state index contributed by atoms with van der Waals surface area (Å²) in [5, 5.41) is 0. The number of nitrogens with one attached hydrogen (secondary N) is 1. The number of aromatic nitrogens is 3. The van der Waals surface area contributed by atoms with Crippen molar-refractivity contribution in [3.05, 3.63) is 29.6 Å². The highest BCUT2D eigenvalue weighted by Gasteiger charge is 2.37. The van der Waals surface area contributed by atoms with Gasteiger partial charge in [0, 0.05) is 63.0 Å². The minimum atomic E-state index is -0.731. The molecule has 6 rings (SSSR count). The second-order valence-electron chi connectivity index (χ2n) is 10.9. The number of halogens is 1. The van der Waals surface area contributed by atoms with E-state index < -0.39 is 6.17 Å². The number of likely N-dealkylation sites (tertiary alicyclic amines) is 1. The van der Waals surface area contributed by atoms with Gasteiger partial charge >= 0.3 is 0 Å². The highest BCUT2D eigenvalue weighted by atomic mass is 19.1. The largest absolute Gasteiger partial charge is 0.355 e. The monoisotopic (exact) mass is 466 g/mol. The molecule has 2 aliphatic carbocycles. The third-order valence-electron chi connectivity index (χ3n) is 8.57. The van der Waals surface area contributed by atoms with Crippen LogP contribution in [0.5, 0.6) is 0 Å². The number of piperidine rings is 1. The molecule has 2 aliphatic heterocycles. The lowest BCUT2D eigenvalue weighted by atomic mass is 9.99. The number of aromatic amines is 1. The van der Waals surface area contributed by atoms with Crippen molar-refractivity contribution >= 4 is 5.82 Å². The average molecular weight is 467 g/mol. The Labute approximate surface area is 202 Å². The summed E-state index contributed by atoms with van der Waals surface area (Å²) >= 11 is 0. The van der Waals surface area contributed by atoms with Crippen molar-refractivity contribution in [3.63, 3.8) is 0 Å². The van der Waals surface area contributed by atoms with Crippen LogP contribution in [0.3, 0.4) is 0 Å². The van der Waals surface area contributed by atoms with Gasteiger partial charge in [-0.1, -0.05) is 18.9 Å². The van der Waals surface area contributed by atoms with Crippen molar-refractivity contribution in [2.75, 3.05) is 44.2 Å². The number of nitrogens with zero attached hydrogens (tertiary/aromatic N) is 5. The Hall–Kier alpha value is -1.99. The van der Waals surface area contributed by atoms with Gasteiger partial charge in [-0.2, -0.15) is 0 Å². The fourth-order valence-electron chi connectivity index (χ4n) is 6.51. The summed E-state index contributed by atoms with van der Waals surface area (Å²) in [5.74, 6) is 2.52. The van der Waals surface area contributed by atoms with Crippen LogP contribution in [-0.2, 0) is 0 Å². The molecule has 0 radical (unpaired) electrons. The zero-order valence-corrected chi connectivity index (χ0v) is 20.6. The van der Waals surface area contributed by atoms with Gasteiger partial charge in [-0.3, -0.25) is 9.80 Å². The first kappa shape index (κ1) is 22.5. The Morgan fingerprint density at radius 1 is 0.882 bits per heavy atom. The van der Waals surface area contributed by atoms with Crippen LogP contribution in [0.15, 0.2) is 18.2 Å². The first-order valence-electron chi connectivity index (χ1n) is 13.6. The molecule has 0 aromatic carbocycles. The third kappa shape index (κ3) is 4.61. The Morgan fingerprint density at radius 3 is 2.53 bits per heavy atom. The van der Waals surface area contributed by atoms with Crippen LogP contribution in [-0.4, -0.2) is 82.3 Å². The van der Waals surface area contributed by atoms with E-state index in [1.54, 1.807) is 0 Å². The predicted octanol–water partition coefficient (Wildman–Crippen LogP) is 4.52. The quantitative estimate of drug-likeness (QED) is 0.702. The van der Waals surface area contributed by atoms with E-state index in [1.807, 2.05) is 0 Å². The van der Waals surface area contributed by atoms with Crippen molar-refractivity contribution < 1.29 is 4.39 Å². The number of aryl methyl sites for hydroxylation is 1. The van der Waals surface area contributed by atoms with E-state index in [0.29, 0.717) is 18.5 Å². The van der Waals surface area contributed by atoms with Crippen molar-refractivity contribution in [1.82, 2.24) is 24.8 Å². The Morgan fingerprint density at radius 2 is 1.74 bits per heavy atom. The molecule has 1 N–H and O–H groups in total. The molecule has 0 spiro atoms. The third-order valence-corrected chi connectivity index (χ3v) is 8.57. The fourth-order valence-corrected chi connectivity index (χ4v) is 6.51. The van der Waals surface area contributed by atoms with E-state index in [4.69, 9.17) is 9.97 Å². The topological polar surface area (TPSA) is 51.3 Å². The molecule has 184 valence electrons. The van der Waals surface area contributed by atoms with Gasteiger partial charge in [-0.05, 0) is 57.6 Å². The average Bonchev–Trinajstić information content (AvgIpc) is 3.48. The molecule has 4 heterocycles. The summed E-state index contributed by atoms with van der Waals surface area (Å²) in [6, 6.07) is 6.95. The van der Waals surface area contributed by atoms with Crippen LogP contribution in [0.25, 0.3) is 11.5 Å². The molecule has 2 saturated heterocycles. The minimum Gasteiger partial charge on any atom is -0.355 e. The van der Waals surface area contributed by atoms with E-state index in [2.05, 4.69) is 44.8 Å². The maximum atomic E-state index is 15.3. The molecule has 2 atom stereocenters. The number of pyridine rings is 1. The van der Waals surface area contributed by atoms with Crippen LogP contribution >= 0.6 is 0 Å². The second-order valence-corrected chi connectivity index (χ2v) is 10.9. The smallest absolute Gasteiger partial charge is 0.156 e. The number of H-pyrrole nitrogens is 1. The standard InChI is InChI=1S/C27H39FN6/c1-19-26(20-10-11-20)31-27(29-19)23-8-4-9-25(30-23)33-14-5-13-32(16-17-33)24-12-15-34(18-22(24)28)21-6-2-3-7-21/h4,8-9,20-22,24H,2-3,5-7,10-18H2,1H3,(H,29,31). The zero-order valence-electron chi connectivity index (χ0n) is 20.6. The number of anilines is 1. The summed E-state index contributed by atoms with van der Waals surface area (Å²) in [5.41, 5.74) is 3.30. The molecule has 4 fully saturated rings. The SMILES string of the molecule is Cc1[nH]c(-c2cccc(N3CCCN(C4CCN(C5CCCC5)CC4F)CC3)n2)nc1C1CC1. The number of alkyl halides is 1. The van der Waals surface area contributed by atoms with E-state index in [0.717, 1.165) is 62.9 Å². The highest BCUT2D eigenvalue weighted by molar-refractivity contribution is 5.55. The molecular weight excluding hydrogens is 427 g/mol. The Bertz CT molecular complexity index is 981. The zero-order chi connectivity index (χ0) is 23.1. The van der Waals surface area contributed by atoms with Crippen molar-refractivity contribution in [1.29, 1.82) is 0 Å². The summed E-state index contributed by atoms with van der Waals surface area (Å²) in [6.07, 6.45) is 8.96. The van der Waals surface area contributed by atoms with E-state index in [-0.39, 0.29) is 6.04 Å². The first-order valence-corrected chi connectivity index (χ1v) is 13.6. The lowest BCUT2D eigenvalue weighted by Gasteiger charge is -2.42. The van der Waals surface area contributed by atoms with Crippen molar-refractivity contribution in [3.8, 4) is 11.5 Å². The van der Waals surface area contributed by atoms with Gasteiger partial charge in [0.25, 0.3) is 0 Å². The maximum Gasteiger partial charge on any atom is 0.156 e. The van der Waals surface area contributed by atoms with Gasteiger partial charge in [0.1, 0.15) is 17.7 Å². The van der Waals surface area contributed by atoms with Gasteiger partial charge in [-0.15, -0.1) is 0 Å². The van der Waals surface area contributed by atoms with Crippen LogP contribution in [0.4, 0.5) is 10.2 Å². The number of hydrogen-bond donors (Lipinski definition) is 1. The summed E-state index contributed by atoms with van der Waals surface area (Å²) in [7, 11) is 0. The molecule has 2 aromatic heterocycles. The first-order chi connectivity index (χ1) is 16.7. The molecule has 0 amide bonds. The van der Waals surface area contributed by atoms with Gasteiger partial charge in [-0.25, -0.2) is 14.4 Å². The van der Waals surface area contributed by atoms with E-state index in [1.165, 1.54) is 49.9 Å². The van der Waals surface area contributed by atoms with Crippen LogP contribution < -0.4 is 4.90 Å². The Kier molecular flexibility index (Phi) is 6.33. The lowest BCUT2D eigenvalue weighted by molar-refractivity contribution is 0.0204. The molecule has 4 aliphatic rings. The predicted molar refractivity (Wildman–Crippen MR) is 134 cm³/mol. The molecule has 2 aromatic rings. The summed E-state index contributed by atoms with van der Waals surface area (Å²) in [4.78, 5) is 20.6. The second kappa shape index (κ2) is 9.57. The number of imidazole rings is 1. The molecule has 7 heteroatoms. The summed E-state index contributed by atoms with van der Waals surface area (Å²) in [6.45, 7) is 7.56. The van der Waals surface area contributed by atoms with Gasteiger partial charge in [0.2, 0.25) is 0 Å². The molecule has 2 saturated carbocycles. The number of rotatable bonds is 5. The normalized spacial score (nSPS) is 27.9. The fraction of sp³-hybridized carbons (Fsp3) is 0.704. The van der Waals surface area contributed by atoms with Crippen LogP contribution in [0, 0.1) is 6.92 Å². The van der Waals surface area contributed by atoms with Crippen LogP contribution in [0.2, 0.25) is 0 Å². The minimum absolute atomic E-state index is 0.0730. The maximum absolute atomic E-state index is 15.3. The molecule has 0 bridgehead atoms. The van der Waals surface area contributed by atoms with Gasteiger partial charge in [0.15, 0.2) is 5.82 Å². The number of hydrogen-bond acceptors (Lipinski definition) is 5. The molecule has 6 nitrogen and oxygen atoms in total. The van der Waals surface area contributed by atoms with Crippen molar-refractivity contribution in [2.24, 2.45) is 0 Å². The molecule has 2 unspecified atom stereocenters. The highest BCUT2D eigenvalue weighted by Crippen LogP contribution is 2.41. The summed E-state index contributed by atoms with van der Waals surface area (Å²) < 4.78 is 15.3. The lowest BCUT2D eigenvalue weighted by Crippen LogP contribution is -2.55. The van der Waals surface area contributed by atoms with E-state index in [9.17, 15) is 0 Å². The van der Waals surface area contributed by atoms with Crippen molar-refractivity contribution in [2.45, 2.75) is 82.5 Å². The molecular formula is C27H39FN6. The Balaban J connectivity index is 1.09. The molecule has 34 heavy (non-hydrogen) atoms.